The summed E-state index contributed by atoms with van der Waals surface area (Å²) in [7, 11) is 0. The van der Waals surface area contributed by atoms with Crippen LogP contribution in [0.3, 0.4) is 0 Å². The Hall–Kier alpha value is -0.940. The molecule has 1 aromatic heterocycles. The lowest BCUT2D eigenvalue weighted by Crippen LogP contribution is -2.35. The number of aromatic nitrogens is 1. The zero-order valence-corrected chi connectivity index (χ0v) is 10.7. The van der Waals surface area contributed by atoms with Crippen molar-refractivity contribution < 1.29 is 9.90 Å². The van der Waals surface area contributed by atoms with Crippen LogP contribution in [-0.4, -0.2) is 33.5 Å². The van der Waals surface area contributed by atoms with Crippen molar-refractivity contribution in [2.24, 2.45) is 0 Å². The molecule has 1 heterocycles. The van der Waals surface area contributed by atoms with Crippen LogP contribution in [0.25, 0.3) is 0 Å². The molecule has 0 saturated heterocycles. The third kappa shape index (κ3) is 3.57. The Bertz CT molecular complexity index is 325. The first kappa shape index (κ1) is 13.1. The van der Waals surface area contributed by atoms with Gasteiger partial charge in [0.1, 0.15) is 5.01 Å². The van der Waals surface area contributed by atoms with Gasteiger partial charge < -0.3 is 5.11 Å². The van der Waals surface area contributed by atoms with E-state index in [-0.39, 0.29) is 12.5 Å². The number of hydrogen-bond donors (Lipinski definition) is 1. The second-order valence-electron chi connectivity index (χ2n) is 4.02. The van der Waals surface area contributed by atoms with Gasteiger partial charge >= 0.3 is 5.97 Å². The number of carboxylic acids is 1. The van der Waals surface area contributed by atoms with Crippen LogP contribution >= 0.6 is 11.3 Å². The molecule has 90 valence electrons. The predicted molar refractivity (Wildman–Crippen MR) is 64.6 cm³/mol. The Morgan fingerprint density at radius 1 is 1.56 bits per heavy atom. The van der Waals surface area contributed by atoms with Gasteiger partial charge in [-0.25, -0.2) is 4.98 Å². The molecule has 0 amide bonds. The van der Waals surface area contributed by atoms with Crippen molar-refractivity contribution in [3.05, 3.63) is 16.6 Å². The molecule has 0 aliphatic carbocycles. The number of rotatable bonds is 6. The summed E-state index contributed by atoms with van der Waals surface area (Å²) in [6.45, 7) is 6.78. The van der Waals surface area contributed by atoms with Crippen LogP contribution in [0.4, 0.5) is 0 Å². The molecule has 0 aliphatic heterocycles. The van der Waals surface area contributed by atoms with Gasteiger partial charge in [0.05, 0.1) is 12.5 Å². The van der Waals surface area contributed by atoms with Crippen LogP contribution in [-0.2, 0) is 4.79 Å². The van der Waals surface area contributed by atoms with Crippen molar-refractivity contribution in [2.75, 3.05) is 6.54 Å². The van der Waals surface area contributed by atoms with E-state index >= 15 is 0 Å². The lowest BCUT2D eigenvalue weighted by Gasteiger charge is -2.30. The van der Waals surface area contributed by atoms with Crippen molar-refractivity contribution in [2.45, 2.75) is 39.3 Å². The smallest absolute Gasteiger partial charge is 0.304 e. The van der Waals surface area contributed by atoms with E-state index in [9.17, 15) is 4.79 Å². The molecule has 16 heavy (non-hydrogen) atoms. The summed E-state index contributed by atoms with van der Waals surface area (Å²) in [5, 5.41) is 11.7. The summed E-state index contributed by atoms with van der Waals surface area (Å²) in [5.74, 6) is -0.753. The summed E-state index contributed by atoms with van der Waals surface area (Å²) in [5.41, 5.74) is 0. The SMILES string of the molecule is CC(C)N(CCC(=O)O)C(C)c1nccs1. The third-order valence-electron chi connectivity index (χ3n) is 2.55. The van der Waals surface area contributed by atoms with E-state index in [1.54, 1.807) is 17.5 Å². The first-order chi connectivity index (χ1) is 7.52. The van der Waals surface area contributed by atoms with Gasteiger partial charge in [-0.3, -0.25) is 9.69 Å². The minimum Gasteiger partial charge on any atom is -0.481 e. The highest BCUT2D eigenvalue weighted by molar-refractivity contribution is 7.09. The van der Waals surface area contributed by atoms with Gasteiger partial charge in [0, 0.05) is 24.2 Å². The molecule has 1 atom stereocenters. The Morgan fingerprint density at radius 3 is 2.69 bits per heavy atom. The number of thiazole rings is 1. The van der Waals surface area contributed by atoms with Gasteiger partial charge in [-0.15, -0.1) is 11.3 Å². The molecule has 1 aromatic rings. The molecule has 5 heteroatoms. The molecule has 0 saturated carbocycles. The summed E-state index contributed by atoms with van der Waals surface area (Å²) < 4.78 is 0. The maximum Gasteiger partial charge on any atom is 0.304 e. The molecule has 1 rings (SSSR count). The third-order valence-corrected chi connectivity index (χ3v) is 3.50. The number of aliphatic carboxylic acids is 1. The summed E-state index contributed by atoms with van der Waals surface area (Å²) in [6.07, 6.45) is 1.96. The van der Waals surface area contributed by atoms with Crippen LogP contribution in [0.2, 0.25) is 0 Å². The Labute approximate surface area is 99.9 Å². The summed E-state index contributed by atoms with van der Waals surface area (Å²) in [4.78, 5) is 17.0. The highest BCUT2D eigenvalue weighted by Gasteiger charge is 2.20. The average Bonchev–Trinajstić information content (AvgIpc) is 2.69. The number of carbonyl (C=O) groups is 1. The first-order valence-electron chi connectivity index (χ1n) is 5.39. The van der Waals surface area contributed by atoms with E-state index in [1.165, 1.54) is 0 Å². The normalized spacial score (nSPS) is 13.3. The topological polar surface area (TPSA) is 53.4 Å². The van der Waals surface area contributed by atoms with Gasteiger partial charge in [0.25, 0.3) is 0 Å². The fraction of sp³-hybridized carbons (Fsp3) is 0.636. The van der Waals surface area contributed by atoms with Crippen LogP contribution in [0.15, 0.2) is 11.6 Å². The van der Waals surface area contributed by atoms with E-state index in [2.05, 4.69) is 30.7 Å². The molecular weight excluding hydrogens is 224 g/mol. The minimum atomic E-state index is -0.753. The minimum absolute atomic E-state index is 0.174. The first-order valence-corrected chi connectivity index (χ1v) is 6.27. The lowest BCUT2D eigenvalue weighted by atomic mass is 10.2. The molecule has 4 nitrogen and oxygen atoms in total. The zero-order chi connectivity index (χ0) is 12.1. The Balaban J connectivity index is 2.66. The van der Waals surface area contributed by atoms with Crippen molar-refractivity contribution in [3.8, 4) is 0 Å². The maximum absolute atomic E-state index is 10.6. The largest absolute Gasteiger partial charge is 0.481 e. The maximum atomic E-state index is 10.6. The summed E-state index contributed by atoms with van der Waals surface area (Å²) >= 11 is 1.61. The van der Waals surface area contributed by atoms with Gasteiger partial charge in [-0.05, 0) is 20.8 Å². The highest BCUT2D eigenvalue weighted by atomic mass is 32.1. The Morgan fingerprint density at radius 2 is 2.25 bits per heavy atom. The van der Waals surface area contributed by atoms with E-state index < -0.39 is 5.97 Å². The highest BCUT2D eigenvalue weighted by Crippen LogP contribution is 2.24. The monoisotopic (exact) mass is 242 g/mol. The van der Waals surface area contributed by atoms with Gasteiger partial charge in [0.15, 0.2) is 0 Å². The average molecular weight is 242 g/mol. The predicted octanol–water partition coefficient (Wildman–Crippen LogP) is 2.39. The van der Waals surface area contributed by atoms with E-state index in [0.29, 0.717) is 12.6 Å². The molecule has 0 radical (unpaired) electrons. The van der Waals surface area contributed by atoms with E-state index in [1.807, 2.05) is 5.38 Å². The van der Waals surface area contributed by atoms with Gasteiger partial charge in [0.2, 0.25) is 0 Å². The van der Waals surface area contributed by atoms with Crippen LogP contribution in [0.1, 0.15) is 38.2 Å². The molecule has 1 N–H and O–H groups in total. The standard InChI is InChI=1S/C11H18N2O2S/c1-8(2)13(6-4-10(14)15)9(3)11-12-5-7-16-11/h5,7-9H,4,6H2,1-3H3,(H,14,15). The number of carboxylic acid groups (broad SMARTS) is 1. The molecular formula is C11H18N2O2S. The second kappa shape index (κ2) is 5.96. The zero-order valence-electron chi connectivity index (χ0n) is 9.88. The fourth-order valence-corrected chi connectivity index (χ4v) is 2.42. The quantitative estimate of drug-likeness (QED) is 0.832. The van der Waals surface area contributed by atoms with Gasteiger partial charge in [-0.1, -0.05) is 0 Å². The fourth-order valence-electron chi connectivity index (χ4n) is 1.71. The molecule has 0 aliphatic rings. The van der Waals surface area contributed by atoms with Gasteiger partial charge in [-0.2, -0.15) is 0 Å². The number of nitrogens with zero attached hydrogens (tertiary/aromatic N) is 2. The van der Waals surface area contributed by atoms with Crippen LogP contribution in [0, 0.1) is 0 Å². The molecule has 0 aromatic carbocycles. The van der Waals surface area contributed by atoms with E-state index in [4.69, 9.17) is 5.11 Å². The van der Waals surface area contributed by atoms with Crippen molar-refractivity contribution >= 4 is 17.3 Å². The second-order valence-corrected chi connectivity index (χ2v) is 4.95. The van der Waals surface area contributed by atoms with Crippen molar-refractivity contribution in [1.29, 1.82) is 0 Å². The summed E-state index contributed by atoms with van der Waals surface area (Å²) in [6, 6.07) is 0.498. The molecule has 0 fully saturated rings. The van der Waals surface area contributed by atoms with Crippen LogP contribution in [0.5, 0.6) is 0 Å². The molecule has 1 unspecified atom stereocenters. The van der Waals surface area contributed by atoms with Crippen molar-refractivity contribution in [1.82, 2.24) is 9.88 Å². The molecule has 0 spiro atoms. The van der Waals surface area contributed by atoms with E-state index in [0.717, 1.165) is 5.01 Å². The Kier molecular flexibility index (Phi) is 4.89. The van der Waals surface area contributed by atoms with Crippen molar-refractivity contribution in [3.63, 3.8) is 0 Å². The lowest BCUT2D eigenvalue weighted by molar-refractivity contribution is -0.137. The van der Waals surface area contributed by atoms with Crippen LogP contribution < -0.4 is 0 Å². The molecule has 0 bridgehead atoms. The number of hydrogen-bond acceptors (Lipinski definition) is 4.